The summed E-state index contributed by atoms with van der Waals surface area (Å²) in [7, 11) is 0. The Bertz CT molecular complexity index is 1220. The summed E-state index contributed by atoms with van der Waals surface area (Å²) in [6, 6.07) is 14.5. The molecule has 5 rings (SSSR count). The van der Waals surface area contributed by atoms with Crippen LogP contribution in [0.3, 0.4) is 0 Å². The van der Waals surface area contributed by atoms with E-state index in [4.69, 9.17) is 13.9 Å². The van der Waals surface area contributed by atoms with Crippen molar-refractivity contribution in [3.63, 3.8) is 0 Å². The molecule has 0 saturated carbocycles. The normalized spacial score (nSPS) is 14.6. The summed E-state index contributed by atoms with van der Waals surface area (Å²) in [6.07, 6.45) is 0. The molecule has 4 aromatic rings. The Balaban J connectivity index is 1.53. The number of hydrogen-bond donors (Lipinski definition) is 1. The largest absolute Gasteiger partial charge is 0.481 e. The summed E-state index contributed by atoms with van der Waals surface area (Å²) in [5.74, 6) is -0.918. The number of hydrogen-bond acceptors (Lipinski definition) is 6. The molecule has 0 spiro atoms. The first-order valence-electron chi connectivity index (χ1n) is 8.50. The quantitative estimate of drug-likeness (QED) is 0.559. The molecule has 1 aliphatic heterocycles. The second kappa shape index (κ2) is 5.70. The number of oxazole rings is 1. The summed E-state index contributed by atoms with van der Waals surface area (Å²) >= 11 is 0. The molecule has 7 heteroatoms. The van der Waals surface area contributed by atoms with E-state index >= 15 is 0 Å². The van der Waals surface area contributed by atoms with Crippen LogP contribution in [0.15, 0.2) is 62.2 Å². The van der Waals surface area contributed by atoms with E-state index in [0.717, 1.165) is 11.1 Å². The van der Waals surface area contributed by atoms with Gasteiger partial charge in [-0.15, -0.1) is 0 Å². The number of carbonyl (C=O) groups is 1. The van der Waals surface area contributed by atoms with Crippen LogP contribution in [0.25, 0.3) is 33.5 Å². The minimum Gasteiger partial charge on any atom is -0.481 e. The maximum Gasteiger partial charge on any atom is 0.349 e. The molecule has 7 nitrogen and oxygen atoms in total. The number of nitrogens with zero attached hydrogens (tertiary/aromatic N) is 2. The van der Waals surface area contributed by atoms with Gasteiger partial charge in [0.05, 0.1) is 5.92 Å². The van der Waals surface area contributed by atoms with Crippen LogP contribution < -0.4 is 10.5 Å². The van der Waals surface area contributed by atoms with Crippen LogP contribution in [0.4, 0.5) is 5.69 Å². The van der Waals surface area contributed by atoms with Crippen LogP contribution in [-0.2, 0) is 4.79 Å². The van der Waals surface area contributed by atoms with Gasteiger partial charge in [0.1, 0.15) is 16.7 Å². The van der Waals surface area contributed by atoms with Gasteiger partial charge >= 0.3 is 11.6 Å². The van der Waals surface area contributed by atoms with E-state index in [9.17, 15) is 9.59 Å². The second-order valence-electron chi connectivity index (χ2n) is 6.60. The van der Waals surface area contributed by atoms with Gasteiger partial charge in [0.2, 0.25) is 5.89 Å². The average molecular weight is 362 g/mol. The Labute approximate surface area is 152 Å². The predicted octanol–water partition coefficient (Wildman–Crippen LogP) is 3.12. The third-order valence-electron chi connectivity index (χ3n) is 4.84. The first-order valence-corrected chi connectivity index (χ1v) is 8.50. The van der Waals surface area contributed by atoms with E-state index in [-0.39, 0.29) is 17.4 Å². The van der Waals surface area contributed by atoms with E-state index < -0.39 is 11.6 Å². The molecule has 0 atom stereocenters. The number of aromatic nitrogens is 1. The van der Waals surface area contributed by atoms with Gasteiger partial charge in [0.25, 0.3) is 0 Å². The predicted molar refractivity (Wildman–Crippen MR) is 98.8 cm³/mol. The Morgan fingerprint density at radius 2 is 1.89 bits per heavy atom. The molecular formula is C20H14N2O5. The monoisotopic (exact) mass is 362 g/mol. The van der Waals surface area contributed by atoms with Crippen LogP contribution in [-0.4, -0.2) is 29.1 Å². The number of anilines is 1. The highest BCUT2D eigenvalue weighted by Gasteiger charge is 2.32. The Morgan fingerprint density at radius 1 is 1.07 bits per heavy atom. The molecule has 0 radical (unpaired) electrons. The van der Waals surface area contributed by atoms with E-state index in [1.165, 1.54) is 0 Å². The molecule has 0 aliphatic carbocycles. The van der Waals surface area contributed by atoms with E-state index in [1.54, 1.807) is 18.2 Å². The fourth-order valence-electron chi connectivity index (χ4n) is 3.28. The molecule has 1 N–H and O–H groups in total. The Hall–Kier alpha value is -3.61. The summed E-state index contributed by atoms with van der Waals surface area (Å²) in [6.45, 7) is 0.901. The van der Waals surface area contributed by atoms with E-state index in [1.807, 2.05) is 35.2 Å². The van der Waals surface area contributed by atoms with Crippen molar-refractivity contribution in [3.05, 3.63) is 59.0 Å². The van der Waals surface area contributed by atoms with E-state index in [0.29, 0.717) is 29.8 Å². The van der Waals surface area contributed by atoms with Crippen molar-refractivity contribution in [2.24, 2.45) is 5.92 Å². The molecule has 2 aromatic carbocycles. The summed E-state index contributed by atoms with van der Waals surface area (Å²) in [5.41, 5.74) is 2.29. The van der Waals surface area contributed by atoms with Gasteiger partial charge in [-0.25, -0.2) is 9.78 Å². The molecular weight excluding hydrogens is 348 g/mol. The zero-order valence-corrected chi connectivity index (χ0v) is 14.1. The van der Waals surface area contributed by atoms with Gasteiger partial charge in [-0.1, -0.05) is 12.1 Å². The Kier molecular flexibility index (Phi) is 3.30. The number of carboxylic acid groups (broad SMARTS) is 1. The van der Waals surface area contributed by atoms with Gasteiger partial charge in [0.15, 0.2) is 5.58 Å². The van der Waals surface area contributed by atoms with Crippen LogP contribution in [0.2, 0.25) is 0 Å². The lowest BCUT2D eigenvalue weighted by molar-refractivity contribution is -0.142. The van der Waals surface area contributed by atoms with Crippen LogP contribution in [0, 0.1) is 5.92 Å². The van der Waals surface area contributed by atoms with Crippen molar-refractivity contribution in [1.29, 1.82) is 0 Å². The number of rotatable bonds is 3. The molecule has 1 aliphatic rings. The lowest BCUT2D eigenvalue weighted by atomic mass is 9.99. The molecule has 0 amide bonds. The second-order valence-corrected chi connectivity index (χ2v) is 6.60. The highest BCUT2D eigenvalue weighted by atomic mass is 16.4. The Morgan fingerprint density at radius 3 is 2.67 bits per heavy atom. The topological polar surface area (TPSA) is 96.8 Å². The SMILES string of the molecule is O=C(O)C1CN(c2ccc3cc(-c4nc5ccccc5o4)c(=O)oc3c2)C1. The lowest BCUT2D eigenvalue weighted by Crippen LogP contribution is -2.50. The van der Waals surface area contributed by atoms with Crippen LogP contribution in [0.5, 0.6) is 0 Å². The zero-order valence-electron chi connectivity index (χ0n) is 14.1. The van der Waals surface area contributed by atoms with Gasteiger partial charge in [0, 0.05) is 30.2 Å². The summed E-state index contributed by atoms with van der Waals surface area (Å²) in [4.78, 5) is 29.7. The van der Waals surface area contributed by atoms with Crippen LogP contribution in [0.1, 0.15) is 0 Å². The number of para-hydroxylation sites is 2. The maximum absolute atomic E-state index is 12.5. The standard InChI is InChI=1S/C20H14N2O5/c23-19(24)12-9-22(10-12)13-6-5-11-7-14(20(25)27-17(11)8-13)18-21-15-3-1-2-4-16(15)26-18/h1-8,12H,9-10H2,(H,23,24). The first-order chi connectivity index (χ1) is 13.1. The van der Waals surface area contributed by atoms with Crippen molar-refractivity contribution in [2.45, 2.75) is 0 Å². The number of aliphatic carboxylic acids is 1. The van der Waals surface area contributed by atoms with Crippen molar-refractivity contribution in [1.82, 2.24) is 4.98 Å². The molecule has 3 heterocycles. The molecule has 0 bridgehead atoms. The van der Waals surface area contributed by atoms with Gasteiger partial charge in [-0.2, -0.15) is 0 Å². The number of fused-ring (bicyclic) bond motifs is 2. The van der Waals surface area contributed by atoms with Crippen molar-refractivity contribution in [3.8, 4) is 11.5 Å². The fourth-order valence-corrected chi connectivity index (χ4v) is 3.28. The summed E-state index contributed by atoms with van der Waals surface area (Å²) < 4.78 is 11.1. The third-order valence-corrected chi connectivity index (χ3v) is 4.84. The summed E-state index contributed by atoms with van der Waals surface area (Å²) in [5, 5.41) is 9.74. The molecule has 0 unspecified atom stereocenters. The third kappa shape index (κ3) is 2.55. The molecule has 134 valence electrons. The minimum atomic E-state index is -0.790. The fraction of sp³-hybridized carbons (Fsp3) is 0.150. The highest BCUT2D eigenvalue weighted by Crippen LogP contribution is 2.29. The number of benzene rings is 2. The average Bonchev–Trinajstić information content (AvgIpc) is 3.03. The van der Waals surface area contributed by atoms with Crippen molar-refractivity contribution < 1.29 is 18.7 Å². The molecule has 1 fully saturated rings. The smallest absolute Gasteiger partial charge is 0.349 e. The maximum atomic E-state index is 12.5. The molecule has 2 aromatic heterocycles. The van der Waals surface area contributed by atoms with Gasteiger partial charge in [-0.3, -0.25) is 4.79 Å². The number of carboxylic acids is 1. The zero-order chi connectivity index (χ0) is 18.5. The molecule has 27 heavy (non-hydrogen) atoms. The van der Waals surface area contributed by atoms with Gasteiger partial charge in [-0.05, 0) is 30.3 Å². The lowest BCUT2D eigenvalue weighted by Gasteiger charge is -2.38. The van der Waals surface area contributed by atoms with E-state index in [2.05, 4.69) is 4.98 Å². The van der Waals surface area contributed by atoms with Crippen molar-refractivity contribution in [2.75, 3.05) is 18.0 Å². The van der Waals surface area contributed by atoms with Crippen molar-refractivity contribution >= 4 is 33.7 Å². The van der Waals surface area contributed by atoms with Gasteiger partial charge < -0.3 is 18.8 Å². The highest BCUT2D eigenvalue weighted by molar-refractivity contribution is 5.85. The first kappa shape index (κ1) is 15.6. The minimum absolute atomic E-state index is 0.225. The molecule has 1 saturated heterocycles. The van der Waals surface area contributed by atoms with Crippen LogP contribution >= 0.6 is 0 Å².